The number of nitriles is 1. The molecule has 0 spiro atoms. The minimum absolute atomic E-state index is 0.0514. The number of fused-ring (bicyclic) bond motifs is 1. The van der Waals surface area contributed by atoms with Crippen LogP contribution in [0.25, 0.3) is 0 Å². The Kier molecular flexibility index (Phi) is 7.70. The zero-order valence-corrected chi connectivity index (χ0v) is 15.3. The number of nitrogens with zero attached hydrogens (tertiary/aromatic N) is 2. The van der Waals surface area contributed by atoms with Gasteiger partial charge in [-0.2, -0.15) is 5.26 Å². The summed E-state index contributed by atoms with van der Waals surface area (Å²) in [5.41, 5.74) is 1.81. The van der Waals surface area contributed by atoms with Gasteiger partial charge in [0.05, 0.1) is 12.2 Å². The van der Waals surface area contributed by atoms with Crippen LogP contribution >= 0.6 is 11.3 Å². The maximum atomic E-state index is 12.3. The molecule has 0 aromatic carbocycles. The zero-order valence-electron chi connectivity index (χ0n) is 14.4. The van der Waals surface area contributed by atoms with Crippen molar-refractivity contribution < 1.29 is 9.90 Å². The first-order valence-corrected chi connectivity index (χ1v) is 9.69. The molecule has 1 amide bonds. The molecule has 5 nitrogen and oxygen atoms in total. The van der Waals surface area contributed by atoms with Crippen molar-refractivity contribution in [2.45, 2.75) is 51.9 Å². The van der Waals surface area contributed by atoms with Crippen LogP contribution in [0.2, 0.25) is 0 Å². The first kappa shape index (κ1) is 18.9. The van der Waals surface area contributed by atoms with Crippen molar-refractivity contribution in [1.82, 2.24) is 4.90 Å². The Morgan fingerprint density at radius 2 is 2.12 bits per heavy atom. The lowest BCUT2D eigenvalue weighted by Crippen LogP contribution is -2.31. The fourth-order valence-corrected chi connectivity index (χ4v) is 4.34. The molecule has 0 fully saturated rings. The second-order valence-electron chi connectivity index (χ2n) is 6.24. The van der Waals surface area contributed by atoms with E-state index in [0.29, 0.717) is 25.1 Å². The van der Waals surface area contributed by atoms with Gasteiger partial charge in [0, 0.05) is 24.4 Å². The molecule has 0 bridgehead atoms. The quantitative estimate of drug-likeness (QED) is 0.719. The Bertz CT molecular complexity index is 592. The Balaban J connectivity index is 1.92. The number of aliphatic hydroxyl groups excluding tert-OH is 1. The molecule has 24 heavy (non-hydrogen) atoms. The molecule has 0 aliphatic heterocycles. The molecule has 2 N–H and O–H groups in total. The van der Waals surface area contributed by atoms with E-state index in [0.717, 1.165) is 49.2 Å². The predicted molar refractivity (Wildman–Crippen MR) is 97.4 cm³/mol. The topological polar surface area (TPSA) is 76.4 Å². The highest BCUT2D eigenvalue weighted by atomic mass is 32.1. The molecule has 0 saturated heterocycles. The molecular weight excluding hydrogens is 322 g/mol. The summed E-state index contributed by atoms with van der Waals surface area (Å²) in [7, 11) is 0. The van der Waals surface area contributed by atoms with E-state index in [1.54, 1.807) is 11.3 Å². The number of aliphatic hydroxyl groups is 1. The van der Waals surface area contributed by atoms with Crippen molar-refractivity contribution in [2.24, 2.45) is 0 Å². The number of rotatable bonds is 9. The van der Waals surface area contributed by atoms with Crippen LogP contribution in [-0.4, -0.2) is 42.2 Å². The Morgan fingerprint density at radius 1 is 1.33 bits per heavy atom. The molecule has 1 heterocycles. The monoisotopic (exact) mass is 349 g/mol. The van der Waals surface area contributed by atoms with Gasteiger partial charge in [0.25, 0.3) is 0 Å². The Labute approximate surface area is 148 Å². The zero-order chi connectivity index (χ0) is 17.4. The molecule has 1 aliphatic carbocycles. The third kappa shape index (κ3) is 5.04. The van der Waals surface area contributed by atoms with Crippen molar-refractivity contribution in [3.63, 3.8) is 0 Å². The van der Waals surface area contributed by atoms with Gasteiger partial charge in [0.1, 0.15) is 11.1 Å². The Morgan fingerprint density at radius 3 is 2.83 bits per heavy atom. The van der Waals surface area contributed by atoms with E-state index in [-0.39, 0.29) is 12.5 Å². The van der Waals surface area contributed by atoms with Gasteiger partial charge < -0.3 is 15.3 Å². The SMILES string of the molecule is CCCCN(CCO)CCC(=O)Nc1sc2c(c1C#N)CCCC2. The van der Waals surface area contributed by atoms with Crippen LogP contribution in [0.5, 0.6) is 0 Å². The number of anilines is 1. The highest BCUT2D eigenvalue weighted by Crippen LogP contribution is 2.37. The lowest BCUT2D eigenvalue weighted by molar-refractivity contribution is -0.116. The van der Waals surface area contributed by atoms with Crippen molar-refractivity contribution in [3.05, 3.63) is 16.0 Å². The van der Waals surface area contributed by atoms with Crippen molar-refractivity contribution >= 4 is 22.2 Å². The van der Waals surface area contributed by atoms with Crippen molar-refractivity contribution in [2.75, 3.05) is 31.6 Å². The van der Waals surface area contributed by atoms with E-state index < -0.39 is 0 Å². The molecule has 1 aromatic heterocycles. The van der Waals surface area contributed by atoms with Crippen LogP contribution in [0.15, 0.2) is 0 Å². The van der Waals surface area contributed by atoms with E-state index in [9.17, 15) is 10.1 Å². The molecular formula is C18H27N3O2S. The summed E-state index contributed by atoms with van der Waals surface area (Å²) in [5, 5.41) is 22.2. The number of carbonyl (C=O) groups is 1. The molecule has 2 rings (SSSR count). The minimum atomic E-state index is -0.0514. The summed E-state index contributed by atoms with van der Waals surface area (Å²) in [6, 6.07) is 2.27. The van der Waals surface area contributed by atoms with Crippen molar-refractivity contribution in [1.29, 1.82) is 5.26 Å². The van der Waals surface area contributed by atoms with Crippen LogP contribution in [0.4, 0.5) is 5.00 Å². The summed E-state index contributed by atoms with van der Waals surface area (Å²) < 4.78 is 0. The molecule has 0 saturated carbocycles. The maximum absolute atomic E-state index is 12.3. The largest absolute Gasteiger partial charge is 0.395 e. The average molecular weight is 350 g/mol. The molecule has 1 aromatic rings. The van der Waals surface area contributed by atoms with Gasteiger partial charge in [0.2, 0.25) is 5.91 Å². The number of hydrogen-bond acceptors (Lipinski definition) is 5. The van der Waals surface area contributed by atoms with E-state index in [1.165, 1.54) is 11.3 Å². The van der Waals surface area contributed by atoms with Gasteiger partial charge in [-0.25, -0.2) is 0 Å². The highest BCUT2D eigenvalue weighted by molar-refractivity contribution is 7.16. The number of unbranched alkanes of at least 4 members (excludes halogenated alkanes) is 1. The number of hydrogen-bond donors (Lipinski definition) is 2. The number of thiophene rings is 1. The van der Waals surface area contributed by atoms with Crippen molar-refractivity contribution in [3.8, 4) is 6.07 Å². The van der Waals surface area contributed by atoms with E-state index in [1.807, 2.05) is 0 Å². The fraction of sp³-hybridized carbons (Fsp3) is 0.667. The molecule has 1 aliphatic rings. The number of aryl methyl sites for hydroxylation is 1. The van der Waals surface area contributed by atoms with Crippen LogP contribution in [0, 0.1) is 11.3 Å². The van der Waals surface area contributed by atoms with Gasteiger partial charge in [0.15, 0.2) is 0 Å². The lowest BCUT2D eigenvalue weighted by atomic mass is 9.96. The normalized spacial score (nSPS) is 13.6. The van der Waals surface area contributed by atoms with Crippen LogP contribution < -0.4 is 5.32 Å². The third-order valence-corrected chi connectivity index (χ3v) is 5.64. The first-order valence-electron chi connectivity index (χ1n) is 8.87. The second-order valence-corrected chi connectivity index (χ2v) is 7.35. The lowest BCUT2D eigenvalue weighted by Gasteiger charge is -2.20. The van der Waals surface area contributed by atoms with Crippen LogP contribution in [0.1, 0.15) is 55.0 Å². The van der Waals surface area contributed by atoms with Gasteiger partial charge in [-0.05, 0) is 44.2 Å². The van der Waals surface area contributed by atoms with Crippen LogP contribution in [-0.2, 0) is 17.6 Å². The van der Waals surface area contributed by atoms with E-state index >= 15 is 0 Å². The number of carbonyl (C=O) groups excluding carboxylic acids is 1. The van der Waals surface area contributed by atoms with E-state index in [2.05, 4.69) is 23.2 Å². The molecule has 0 radical (unpaired) electrons. The van der Waals surface area contributed by atoms with Crippen LogP contribution in [0.3, 0.4) is 0 Å². The van der Waals surface area contributed by atoms with Gasteiger partial charge in [-0.1, -0.05) is 13.3 Å². The summed E-state index contributed by atoms with van der Waals surface area (Å²) in [4.78, 5) is 15.7. The third-order valence-electron chi connectivity index (χ3n) is 4.44. The highest BCUT2D eigenvalue weighted by Gasteiger charge is 2.21. The number of amides is 1. The molecule has 0 unspecified atom stereocenters. The first-order chi connectivity index (χ1) is 11.7. The van der Waals surface area contributed by atoms with Gasteiger partial charge in [-0.15, -0.1) is 11.3 Å². The smallest absolute Gasteiger partial charge is 0.226 e. The summed E-state index contributed by atoms with van der Waals surface area (Å²) in [5.74, 6) is -0.0514. The Hall–Kier alpha value is -1.42. The molecule has 0 atom stereocenters. The molecule has 132 valence electrons. The molecule has 6 heteroatoms. The second kappa shape index (κ2) is 9.77. The summed E-state index contributed by atoms with van der Waals surface area (Å²) in [6.45, 7) is 4.39. The fourth-order valence-electron chi connectivity index (χ4n) is 3.08. The van der Waals surface area contributed by atoms with Gasteiger partial charge >= 0.3 is 0 Å². The summed E-state index contributed by atoms with van der Waals surface area (Å²) in [6.07, 6.45) is 6.81. The predicted octanol–water partition coefficient (Wildman–Crippen LogP) is 2.92. The number of nitrogens with one attached hydrogen (secondary N) is 1. The summed E-state index contributed by atoms with van der Waals surface area (Å²) >= 11 is 1.57. The average Bonchev–Trinajstić information content (AvgIpc) is 2.94. The van der Waals surface area contributed by atoms with Gasteiger partial charge in [-0.3, -0.25) is 4.79 Å². The maximum Gasteiger partial charge on any atom is 0.226 e. The standard InChI is InChI=1S/C18H27N3O2S/c1-2-3-9-21(11-12-22)10-8-17(23)20-18-15(13-19)14-6-4-5-7-16(14)24-18/h22H,2-12H2,1H3,(H,20,23). The van der Waals surface area contributed by atoms with E-state index in [4.69, 9.17) is 5.11 Å². The minimum Gasteiger partial charge on any atom is -0.395 e.